The summed E-state index contributed by atoms with van der Waals surface area (Å²) in [6.07, 6.45) is 8.96. The van der Waals surface area contributed by atoms with Crippen LogP contribution in [0, 0.1) is 0 Å². The van der Waals surface area contributed by atoms with Gasteiger partial charge >= 0.3 is 0 Å². The van der Waals surface area contributed by atoms with E-state index in [1.54, 1.807) is 32.2 Å². The number of ether oxygens (including phenoxy) is 3. The van der Waals surface area contributed by atoms with E-state index in [0.29, 0.717) is 34.7 Å². The number of carbonyl (C=O) groups is 1. The van der Waals surface area contributed by atoms with E-state index in [1.807, 2.05) is 39.9 Å². The first kappa shape index (κ1) is 25.8. The summed E-state index contributed by atoms with van der Waals surface area (Å²) < 4.78 is 20.0. The van der Waals surface area contributed by atoms with Crippen LogP contribution in [0.3, 0.4) is 0 Å². The number of hydrogen-bond acceptors (Lipinski definition) is 9. The van der Waals surface area contributed by atoms with E-state index in [0.717, 1.165) is 75.3 Å². The summed E-state index contributed by atoms with van der Waals surface area (Å²) in [4.78, 5) is 27.0. The number of rotatable bonds is 8. The summed E-state index contributed by atoms with van der Waals surface area (Å²) in [6, 6.07) is 7.51. The Morgan fingerprint density at radius 2 is 1.60 bits per heavy atom. The zero-order valence-electron chi connectivity index (χ0n) is 23.1. The van der Waals surface area contributed by atoms with Gasteiger partial charge in [-0.1, -0.05) is 0 Å². The van der Waals surface area contributed by atoms with Crippen molar-refractivity contribution < 1.29 is 19.0 Å². The number of nitrogens with zero attached hydrogens (tertiary/aromatic N) is 7. The predicted molar refractivity (Wildman–Crippen MR) is 151 cm³/mol. The topological polar surface area (TPSA) is 111 Å². The van der Waals surface area contributed by atoms with E-state index in [9.17, 15) is 4.79 Å². The summed E-state index contributed by atoms with van der Waals surface area (Å²) in [5, 5.41) is 8.00. The van der Waals surface area contributed by atoms with Crippen LogP contribution in [0.1, 0.15) is 42.6 Å². The van der Waals surface area contributed by atoms with Gasteiger partial charge in [0.25, 0.3) is 5.91 Å². The van der Waals surface area contributed by atoms with Gasteiger partial charge in [-0.05, 0) is 44.2 Å². The number of carbonyl (C=O) groups excluding carboxylic acids is 1. The molecular weight excluding hydrogens is 512 g/mol. The van der Waals surface area contributed by atoms with E-state index in [1.165, 1.54) is 0 Å². The number of amides is 1. The molecule has 12 nitrogen and oxygen atoms in total. The van der Waals surface area contributed by atoms with E-state index in [2.05, 4.69) is 15.2 Å². The maximum atomic E-state index is 13.5. The van der Waals surface area contributed by atoms with Gasteiger partial charge < -0.3 is 33.9 Å². The number of imidazole rings is 1. The average Bonchev–Trinajstić information content (AvgIpc) is 3.78. The van der Waals surface area contributed by atoms with Gasteiger partial charge in [0.15, 0.2) is 23.1 Å². The Labute approximate surface area is 232 Å². The van der Waals surface area contributed by atoms with Crippen molar-refractivity contribution >= 4 is 29.0 Å². The molecule has 5 heterocycles. The zero-order valence-corrected chi connectivity index (χ0v) is 23.1. The minimum atomic E-state index is 0.00315. The Morgan fingerprint density at radius 3 is 2.27 bits per heavy atom. The lowest BCUT2D eigenvalue weighted by Gasteiger charge is -2.26. The fraction of sp³-hybridized carbons (Fsp3) is 0.429. The monoisotopic (exact) mass is 546 g/mol. The molecule has 6 rings (SSSR count). The quantitative estimate of drug-likeness (QED) is 0.352. The van der Waals surface area contributed by atoms with Crippen molar-refractivity contribution in [2.45, 2.75) is 32.1 Å². The Bertz CT molecular complexity index is 1490. The molecular formula is C28H34N8O4. The molecule has 4 aromatic rings. The van der Waals surface area contributed by atoms with E-state index in [-0.39, 0.29) is 5.91 Å². The average molecular weight is 547 g/mol. The van der Waals surface area contributed by atoms with Crippen molar-refractivity contribution in [3.05, 3.63) is 42.5 Å². The SMILES string of the molecule is COc1cc(-n2cnc(Nc3nc(N4CCCC4)c4ccc(C(=O)N5CCCCC5)n4n3)c2)cc(OC)c1OC. The maximum absolute atomic E-state index is 13.5. The van der Waals surface area contributed by atoms with Crippen LogP contribution in [0.2, 0.25) is 0 Å². The number of piperidine rings is 1. The third-order valence-electron chi connectivity index (χ3n) is 7.53. The smallest absolute Gasteiger partial charge is 0.272 e. The molecule has 0 aliphatic carbocycles. The summed E-state index contributed by atoms with van der Waals surface area (Å²) in [6.45, 7) is 3.39. The van der Waals surface area contributed by atoms with Crippen molar-refractivity contribution in [1.29, 1.82) is 0 Å². The minimum Gasteiger partial charge on any atom is -0.493 e. The van der Waals surface area contributed by atoms with Gasteiger partial charge in [-0.15, -0.1) is 5.10 Å². The van der Waals surface area contributed by atoms with E-state index < -0.39 is 0 Å². The molecule has 0 atom stereocenters. The predicted octanol–water partition coefficient (Wildman–Crippen LogP) is 3.91. The van der Waals surface area contributed by atoms with Crippen LogP contribution < -0.4 is 24.4 Å². The fourth-order valence-electron chi connectivity index (χ4n) is 5.48. The van der Waals surface area contributed by atoms with Crippen LogP contribution in [-0.2, 0) is 0 Å². The zero-order chi connectivity index (χ0) is 27.6. The molecule has 2 aliphatic rings. The molecule has 3 aromatic heterocycles. The van der Waals surface area contributed by atoms with Gasteiger partial charge in [0.1, 0.15) is 17.5 Å². The van der Waals surface area contributed by atoms with Gasteiger partial charge in [0, 0.05) is 38.3 Å². The molecule has 2 aliphatic heterocycles. The largest absolute Gasteiger partial charge is 0.493 e. The summed E-state index contributed by atoms with van der Waals surface area (Å²) in [5.74, 6) is 3.35. The molecule has 1 aromatic carbocycles. The summed E-state index contributed by atoms with van der Waals surface area (Å²) in [7, 11) is 4.74. The molecule has 0 radical (unpaired) electrons. The second-order valence-electron chi connectivity index (χ2n) is 10.00. The Kier molecular flexibility index (Phi) is 7.06. The molecule has 2 saturated heterocycles. The molecule has 210 valence electrons. The van der Waals surface area contributed by atoms with Gasteiger partial charge in [0.05, 0.1) is 33.2 Å². The molecule has 12 heteroatoms. The van der Waals surface area contributed by atoms with Crippen LogP contribution in [0.25, 0.3) is 11.2 Å². The molecule has 1 amide bonds. The van der Waals surface area contributed by atoms with Gasteiger partial charge in [-0.2, -0.15) is 4.98 Å². The number of anilines is 3. The standard InChI is InChI=1S/C28H34N8O4/c1-38-22-15-19(16-23(39-2)25(22)40-3)35-17-24(29-18-35)30-28-31-26(33-11-7-8-12-33)20-9-10-21(36(20)32-28)27(37)34-13-5-4-6-14-34/h9-10,15-18H,4-8,11-14H2,1-3H3,(H,30,32). The maximum Gasteiger partial charge on any atom is 0.272 e. The molecule has 0 saturated carbocycles. The first-order valence-electron chi connectivity index (χ1n) is 13.6. The second kappa shape index (κ2) is 10.9. The lowest BCUT2D eigenvalue weighted by Crippen LogP contribution is -2.36. The second-order valence-corrected chi connectivity index (χ2v) is 10.00. The number of likely N-dealkylation sites (tertiary alicyclic amines) is 1. The van der Waals surface area contributed by atoms with Gasteiger partial charge in [-0.3, -0.25) is 4.79 Å². The Morgan fingerprint density at radius 1 is 0.900 bits per heavy atom. The van der Waals surface area contributed by atoms with E-state index in [4.69, 9.17) is 24.3 Å². The Hall–Kier alpha value is -4.48. The number of aromatic nitrogens is 5. The fourth-order valence-corrected chi connectivity index (χ4v) is 5.48. The van der Waals surface area contributed by atoms with Crippen molar-refractivity contribution in [3.63, 3.8) is 0 Å². The van der Waals surface area contributed by atoms with Crippen molar-refractivity contribution in [2.75, 3.05) is 57.7 Å². The van der Waals surface area contributed by atoms with Crippen molar-refractivity contribution in [3.8, 4) is 22.9 Å². The highest BCUT2D eigenvalue weighted by molar-refractivity contribution is 5.95. The first-order valence-corrected chi connectivity index (χ1v) is 13.6. The highest BCUT2D eigenvalue weighted by atomic mass is 16.5. The number of benzene rings is 1. The number of hydrogen-bond donors (Lipinski definition) is 1. The molecule has 0 unspecified atom stereocenters. The van der Waals surface area contributed by atoms with Crippen LogP contribution in [0.5, 0.6) is 17.2 Å². The minimum absolute atomic E-state index is 0.00315. The summed E-state index contributed by atoms with van der Waals surface area (Å²) in [5.41, 5.74) is 2.16. The Balaban J connectivity index is 1.34. The van der Waals surface area contributed by atoms with Gasteiger partial charge in [-0.25, -0.2) is 9.50 Å². The molecule has 0 spiro atoms. The van der Waals surface area contributed by atoms with Crippen LogP contribution >= 0.6 is 0 Å². The van der Waals surface area contributed by atoms with Crippen LogP contribution in [0.4, 0.5) is 17.6 Å². The first-order chi connectivity index (χ1) is 19.6. The normalized spacial score (nSPS) is 15.5. The highest BCUT2D eigenvalue weighted by Crippen LogP contribution is 2.39. The molecule has 0 bridgehead atoms. The van der Waals surface area contributed by atoms with E-state index >= 15 is 0 Å². The molecule has 1 N–H and O–H groups in total. The van der Waals surface area contributed by atoms with Crippen LogP contribution in [-0.4, -0.2) is 82.5 Å². The van der Waals surface area contributed by atoms with Crippen molar-refractivity contribution in [2.24, 2.45) is 0 Å². The molecule has 2 fully saturated rings. The number of fused-ring (bicyclic) bond motifs is 1. The number of methoxy groups -OCH3 is 3. The number of nitrogens with one attached hydrogen (secondary N) is 1. The summed E-state index contributed by atoms with van der Waals surface area (Å²) >= 11 is 0. The lowest BCUT2D eigenvalue weighted by atomic mass is 10.1. The van der Waals surface area contributed by atoms with Gasteiger partial charge in [0.2, 0.25) is 11.7 Å². The third-order valence-corrected chi connectivity index (χ3v) is 7.53. The molecule has 40 heavy (non-hydrogen) atoms. The van der Waals surface area contributed by atoms with Crippen LogP contribution in [0.15, 0.2) is 36.8 Å². The third kappa shape index (κ3) is 4.74. The lowest BCUT2D eigenvalue weighted by molar-refractivity contribution is 0.0716. The van der Waals surface area contributed by atoms with Crippen molar-refractivity contribution in [1.82, 2.24) is 29.0 Å². The highest BCUT2D eigenvalue weighted by Gasteiger charge is 2.25.